The highest BCUT2D eigenvalue weighted by molar-refractivity contribution is 7.89. The summed E-state index contributed by atoms with van der Waals surface area (Å²) in [4.78, 5) is 11.5. The Morgan fingerprint density at radius 3 is 2.38 bits per heavy atom. The van der Waals surface area contributed by atoms with E-state index < -0.39 is 26.3 Å². The van der Waals surface area contributed by atoms with Gasteiger partial charge in [0, 0.05) is 23.7 Å². The molecular weight excluding hydrogens is 357 g/mol. The molecule has 0 aliphatic heterocycles. The first-order valence-corrected chi connectivity index (χ1v) is 8.73. The maximum absolute atomic E-state index is 13.9. The van der Waals surface area contributed by atoms with Crippen LogP contribution in [0, 0.1) is 11.7 Å². The molecule has 0 spiro atoms. The van der Waals surface area contributed by atoms with Gasteiger partial charge in [-0.3, -0.25) is 4.79 Å². The molecule has 1 amide bonds. The molecule has 0 fully saturated rings. The normalized spacial score (nSPS) is 13.1. The number of nitrogens with one attached hydrogen (secondary N) is 3. The third kappa shape index (κ3) is 6.72. The number of halogens is 2. The van der Waals surface area contributed by atoms with Gasteiger partial charge < -0.3 is 10.6 Å². The summed E-state index contributed by atoms with van der Waals surface area (Å²) < 4.78 is 40.8. The summed E-state index contributed by atoms with van der Waals surface area (Å²) in [6, 6.07) is 3.47. The number of anilines is 1. The Kier molecular flexibility index (Phi) is 8.31. The van der Waals surface area contributed by atoms with E-state index in [9.17, 15) is 17.6 Å². The third-order valence-corrected chi connectivity index (χ3v) is 4.66. The van der Waals surface area contributed by atoms with Gasteiger partial charge in [0.05, 0.1) is 0 Å². The predicted octanol–water partition coefficient (Wildman–Crippen LogP) is 2.12. The number of hydrogen-bond acceptors (Lipinski definition) is 4. The van der Waals surface area contributed by atoms with Crippen LogP contribution < -0.4 is 15.4 Å². The van der Waals surface area contributed by atoms with E-state index in [0.717, 1.165) is 12.1 Å². The van der Waals surface area contributed by atoms with Crippen molar-refractivity contribution in [1.82, 2.24) is 10.0 Å². The lowest BCUT2D eigenvalue weighted by Crippen LogP contribution is -2.40. The van der Waals surface area contributed by atoms with Crippen molar-refractivity contribution in [3.05, 3.63) is 24.0 Å². The fourth-order valence-corrected chi connectivity index (χ4v) is 3.43. The molecule has 0 heterocycles. The number of amides is 1. The van der Waals surface area contributed by atoms with Crippen LogP contribution in [0.25, 0.3) is 0 Å². The summed E-state index contributed by atoms with van der Waals surface area (Å²) in [5, 5.41) is 5.47. The summed E-state index contributed by atoms with van der Waals surface area (Å²) in [5.74, 6) is -1.46. The molecule has 3 N–H and O–H groups in total. The van der Waals surface area contributed by atoms with Gasteiger partial charge in [0.25, 0.3) is 0 Å². The Hall–Kier alpha value is -1.22. The third-order valence-electron chi connectivity index (χ3n) is 2.89. The van der Waals surface area contributed by atoms with E-state index in [1.54, 1.807) is 34.7 Å². The first-order valence-electron chi connectivity index (χ1n) is 7.25. The van der Waals surface area contributed by atoms with E-state index >= 15 is 0 Å². The van der Waals surface area contributed by atoms with E-state index in [1.807, 2.05) is 0 Å². The Labute approximate surface area is 149 Å². The van der Waals surface area contributed by atoms with Gasteiger partial charge in [-0.2, -0.15) is 0 Å². The van der Waals surface area contributed by atoms with E-state index in [0.29, 0.717) is 6.54 Å². The van der Waals surface area contributed by atoms with Crippen molar-refractivity contribution in [2.45, 2.75) is 38.1 Å². The molecule has 1 unspecified atom stereocenters. The molecule has 1 aromatic carbocycles. The van der Waals surface area contributed by atoms with Crippen molar-refractivity contribution in [3.8, 4) is 0 Å². The zero-order valence-electron chi connectivity index (χ0n) is 14.4. The molecular formula is C15H25ClFN3O3S. The van der Waals surface area contributed by atoms with Crippen LogP contribution >= 0.6 is 12.4 Å². The highest BCUT2D eigenvalue weighted by Gasteiger charge is 2.25. The average Bonchev–Trinajstić information content (AvgIpc) is 2.38. The summed E-state index contributed by atoms with van der Waals surface area (Å²) in [7, 11) is -2.30. The Morgan fingerprint density at radius 1 is 1.29 bits per heavy atom. The van der Waals surface area contributed by atoms with Crippen molar-refractivity contribution >= 4 is 34.0 Å². The summed E-state index contributed by atoms with van der Waals surface area (Å²) >= 11 is 0. The minimum absolute atomic E-state index is 0. The zero-order chi connectivity index (χ0) is 17.8. The van der Waals surface area contributed by atoms with Crippen molar-refractivity contribution < 1.29 is 17.6 Å². The van der Waals surface area contributed by atoms with Gasteiger partial charge in [-0.05, 0) is 46.0 Å². The second-order valence-electron chi connectivity index (χ2n) is 6.45. The smallest absolute Gasteiger partial charge is 0.244 e. The first kappa shape index (κ1) is 22.8. The lowest BCUT2D eigenvalue weighted by Gasteiger charge is -2.21. The number of benzene rings is 1. The Balaban J connectivity index is 0.00000529. The van der Waals surface area contributed by atoms with Gasteiger partial charge in [-0.15, -0.1) is 12.4 Å². The molecule has 0 saturated heterocycles. The van der Waals surface area contributed by atoms with E-state index in [-0.39, 0.29) is 29.9 Å². The van der Waals surface area contributed by atoms with Gasteiger partial charge in [0.15, 0.2) is 0 Å². The fourth-order valence-electron chi connectivity index (χ4n) is 1.91. The minimum atomic E-state index is -4.03. The van der Waals surface area contributed by atoms with Crippen molar-refractivity contribution in [1.29, 1.82) is 0 Å². The van der Waals surface area contributed by atoms with Crippen molar-refractivity contribution in [3.63, 3.8) is 0 Å². The maximum Gasteiger partial charge on any atom is 0.244 e. The monoisotopic (exact) mass is 381 g/mol. The molecule has 1 aromatic rings. The van der Waals surface area contributed by atoms with Gasteiger partial charge in [0.2, 0.25) is 15.9 Å². The van der Waals surface area contributed by atoms with Crippen LogP contribution in [0.15, 0.2) is 23.1 Å². The number of rotatable bonds is 6. The lowest BCUT2D eigenvalue weighted by atomic mass is 10.1. The van der Waals surface area contributed by atoms with Gasteiger partial charge in [-0.25, -0.2) is 17.5 Å². The topological polar surface area (TPSA) is 87.3 Å². The second kappa shape index (κ2) is 8.75. The first-order chi connectivity index (χ1) is 10.5. The molecule has 9 heteroatoms. The second-order valence-corrected chi connectivity index (χ2v) is 8.10. The number of carbonyl (C=O) groups excluding carboxylic acids is 1. The van der Waals surface area contributed by atoms with Gasteiger partial charge in [-0.1, -0.05) is 6.92 Å². The average molecular weight is 382 g/mol. The molecule has 0 bridgehead atoms. The molecule has 0 aliphatic carbocycles. The van der Waals surface area contributed by atoms with E-state index in [4.69, 9.17) is 0 Å². The lowest BCUT2D eigenvalue weighted by molar-refractivity contribution is -0.119. The fraction of sp³-hybridized carbons (Fsp3) is 0.533. The highest BCUT2D eigenvalue weighted by atomic mass is 35.5. The van der Waals surface area contributed by atoms with Crippen LogP contribution in [0.3, 0.4) is 0 Å². The van der Waals surface area contributed by atoms with Crippen LogP contribution in [0.2, 0.25) is 0 Å². The van der Waals surface area contributed by atoms with Crippen LogP contribution in [-0.2, 0) is 14.8 Å². The molecule has 0 aliphatic rings. The summed E-state index contributed by atoms with van der Waals surface area (Å²) in [5.41, 5.74) is -0.514. The van der Waals surface area contributed by atoms with Gasteiger partial charge >= 0.3 is 0 Å². The van der Waals surface area contributed by atoms with Crippen LogP contribution in [-0.4, -0.2) is 33.5 Å². The predicted molar refractivity (Wildman–Crippen MR) is 95.4 cm³/mol. The number of carbonyl (C=O) groups is 1. The molecule has 1 rings (SSSR count). The highest BCUT2D eigenvalue weighted by Crippen LogP contribution is 2.21. The van der Waals surface area contributed by atoms with E-state index in [1.165, 1.54) is 6.07 Å². The Morgan fingerprint density at radius 2 is 1.88 bits per heavy atom. The Bertz CT molecular complexity index is 675. The van der Waals surface area contributed by atoms with Crippen molar-refractivity contribution in [2.24, 2.45) is 5.92 Å². The molecule has 1 atom stereocenters. The van der Waals surface area contributed by atoms with Crippen molar-refractivity contribution in [2.75, 3.05) is 18.9 Å². The van der Waals surface area contributed by atoms with Crippen LogP contribution in [0.1, 0.15) is 27.7 Å². The van der Waals surface area contributed by atoms with Gasteiger partial charge in [0.1, 0.15) is 10.7 Å². The SMILES string of the molecule is CNCC(C)C(=O)Nc1ccc(F)c(S(=O)(=O)NC(C)(C)C)c1.Cl. The molecule has 0 radical (unpaired) electrons. The largest absolute Gasteiger partial charge is 0.326 e. The van der Waals surface area contributed by atoms with Crippen LogP contribution in [0.4, 0.5) is 10.1 Å². The number of sulfonamides is 1. The number of hydrogen-bond donors (Lipinski definition) is 3. The molecule has 6 nitrogen and oxygen atoms in total. The molecule has 0 aromatic heterocycles. The molecule has 24 heavy (non-hydrogen) atoms. The minimum Gasteiger partial charge on any atom is -0.326 e. The maximum atomic E-state index is 13.9. The molecule has 0 saturated carbocycles. The quantitative estimate of drug-likeness (QED) is 0.704. The summed E-state index contributed by atoms with van der Waals surface area (Å²) in [6.07, 6.45) is 0. The van der Waals surface area contributed by atoms with Crippen LogP contribution in [0.5, 0.6) is 0 Å². The summed E-state index contributed by atoms with van der Waals surface area (Å²) in [6.45, 7) is 7.19. The zero-order valence-corrected chi connectivity index (χ0v) is 16.1. The van der Waals surface area contributed by atoms with E-state index in [2.05, 4.69) is 15.4 Å². The standard InChI is InChI=1S/C15H24FN3O3S.ClH/c1-10(9-17-5)14(20)18-11-6-7-12(16)13(8-11)23(21,22)19-15(2,3)4;/h6-8,10,17,19H,9H2,1-5H3,(H,18,20);1H. The molecule has 138 valence electrons.